The lowest BCUT2D eigenvalue weighted by Crippen LogP contribution is -2.34. The summed E-state index contributed by atoms with van der Waals surface area (Å²) in [5, 5.41) is 2.69. The average molecular weight is 341 g/mol. The maximum absolute atomic E-state index is 12.5. The molecule has 1 unspecified atom stereocenters. The number of hydrogen-bond donors (Lipinski definition) is 2. The second-order valence-corrected chi connectivity index (χ2v) is 7.99. The summed E-state index contributed by atoms with van der Waals surface area (Å²) in [5.41, 5.74) is 6.55. The van der Waals surface area contributed by atoms with E-state index in [9.17, 15) is 13.2 Å². The third-order valence-corrected chi connectivity index (χ3v) is 5.67. The Morgan fingerprint density at radius 1 is 1.26 bits per heavy atom. The molecule has 0 saturated heterocycles. The highest BCUT2D eigenvalue weighted by Gasteiger charge is 2.21. The van der Waals surface area contributed by atoms with Crippen LogP contribution in [0.25, 0.3) is 0 Å². The van der Waals surface area contributed by atoms with E-state index in [0.29, 0.717) is 31.0 Å². The Balaban J connectivity index is 2.77. The molecule has 0 spiro atoms. The number of carbonyl (C=O) groups is 1. The quantitative estimate of drug-likeness (QED) is 0.756. The molecule has 0 saturated carbocycles. The topological polar surface area (TPSA) is 92.5 Å². The maximum Gasteiger partial charge on any atom is 0.242 e. The summed E-state index contributed by atoms with van der Waals surface area (Å²) < 4.78 is 26.3. The lowest BCUT2D eigenvalue weighted by Gasteiger charge is -2.21. The monoisotopic (exact) mass is 341 g/mol. The normalized spacial score (nSPS) is 13.3. The first-order chi connectivity index (χ1) is 10.7. The Kier molecular flexibility index (Phi) is 7.18. The summed E-state index contributed by atoms with van der Waals surface area (Å²) in [6.45, 7) is 6.16. The van der Waals surface area contributed by atoms with Crippen LogP contribution in [0.4, 0.5) is 5.69 Å². The fourth-order valence-electron chi connectivity index (χ4n) is 1.92. The summed E-state index contributed by atoms with van der Waals surface area (Å²) in [4.78, 5) is 11.5. The summed E-state index contributed by atoms with van der Waals surface area (Å²) in [5.74, 6) is 0.202. The largest absolute Gasteiger partial charge is 0.327 e. The number of hydrogen-bond acceptors (Lipinski definition) is 4. The van der Waals surface area contributed by atoms with Crippen molar-refractivity contribution < 1.29 is 13.2 Å². The van der Waals surface area contributed by atoms with E-state index < -0.39 is 10.0 Å². The number of rotatable bonds is 8. The number of benzene rings is 1. The van der Waals surface area contributed by atoms with E-state index >= 15 is 0 Å². The molecular weight excluding hydrogens is 314 g/mol. The van der Waals surface area contributed by atoms with E-state index in [1.54, 1.807) is 26.1 Å². The highest BCUT2D eigenvalue weighted by molar-refractivity contribution is 7.89. The zero-order valence-corrected chi connectivity index (χ0v) is 15.1. The highest BCUT2D eigenvalue weighted by atomic mass is 32.2. The maximum atomic E-state index is 12.5. The van der Waals surface area contributed by atoms with Gasteiger partial charge >= 0.3 is 0 Å². The molecule has 23 heavy (non-hydrogen) atoms. The number of sulfonamides is 1. The van der Waals surface area contributed by atoms with Gasteiger partial charge in [-0.25, -0.2) is 12.7 Å². The van der Waals surface area contributed by atoms with Gasteiger partial charge in [-0.3, -0.25) is 4.79 Å². The molecule has 1 aromatic rings. The molecule has 0 radical (unpaired) electrons. The SMILES string of the molecule is CCC(=O)Nc1ccc(S(=O)(=O)N(C)CCC(N)C(C)C)cc1. The molecule has 1 aromatic carbocycles. The van der Waals surface area contributed by atoms with Gasteiger partial charge in [0, 0.05) is 31.7 Å². The Morgan fingerprint density at radius 3 is 2.30 bits per heavy atom. The molecular formula is C16H27N3O3S. The van der Waals surface area contributed by atoms with Gasteiger partial charge in [-0.1, -0.05) is 20.8 Å². The molecule has 0 aliphatic heterocycles. The molecule has 0 aliphatic rings. The van der Waals surface area contributed by atoms with E-state index in [2.05, 4.69) is 5.32 Å². The van der Waals surface area contributed by atoms with Crippen molar-refractivity contribution in [3.63, 3.8) is 0 Å². The Bertz CT molecular complexity index is 612. The number of nitrogens with zero attached hydrogens (tertiary/aromatic N) is 1. The van der Waals surface area contributed by atoms with Crippen molar-refractivity contribution in [1.29, 1.82) is 0 Å². The molecule has 3 N–H and O–H groups in total. The second kappa shape index (κ2) is 8.42. The van der Waals surface area contributed by atoms with Crippen molar-refractivity contribution in [2.24, 2.45) is 11.7 Å². The Hall–Kier alpha value is -1.44. The van der Waals surface area contributed by atoms with Gasteiger partial charge in [-0.15, -0.1) is 0 Å². The summed E-state index contributed by atoms with van der Waals surface area (Å²) >= 11 is 0. The van der Waals surface area contributed by atoms with Crippen LogP contribution in [0.3, 0.4) is 0 Å². The molecule has 1 rings (SSSR count). The predicted molar refractivity (Wildman–Crippen MR) is 92.6 cm³/mol. The van der Waals surface area contributed by atoms with Crippen LogP contribution in [0.2, 0.25) is 0 Å². The van der Waals surface area contributed by atoms with Gasteiger partial charge in [0.05, 0.1) is 4.90 Å². The van der Waals surface area contributed by atoms with Crippen LogP contribution in [-0.4, -0.2) is 38.3 Å². The van der Waals surface area contributed by atoms with Crippen molar-refractivity contribution in [2.45, 2.75) is 44.6 Å². The number of carbonyl (C=O) groups excluding carboxylic acids is 1. The van der Waals surface area contributed by atoms with Crippen LogP contribution >= 0.6 is 0 Å². The predicted octanol–water partition coefficient (Wildman–Crippen LogP) is 2.03. The molecule has 0 fully saturated rings. The van der Waals surface area contributed by atoms with Gasteiger partial charge in [0.1, 0.15) is 0 Å². The Labute approximate surface area is 139 Å². The minimum Gasteiger partial charge on any atom is -0.327 e. The van der Waals surface area contributed by atoms with E-state index in [1.165, 1.54) is 16.4 Å². The van der Waals surface area contributed by atoms with E-state index in [1.807, 2.05) is 13.8 Å². The van der Waals surface area contributed by atoms with E-state index in [4.69, 9.17) is 5.73 Å². The molecule has 0 aliphatic carbocycles. The zero-order valence-electron chi connectivity index (χ0n) is 14.2. The van der Waals surface area contributed by atoms with Crippen LogP contribution in [-0.2, 0) is 14.8 Å². The summed E-state index contributed by atoms with van der Waals surface area (Å²) in [6.07, 6.45) is 0.983. The molecule has 1 amide bonds. The molecule has 130 valence electrons. The first-order valence-corrected chi connectivity index (χ1v) is 9.24. The Morgan fingerprint density at radius 2 is 1.83 bits per heavy atom. The van der Waals surface area contributed by atoms with Crippen LogP contribution < -0.4 is 11.1 Å². The molecule has 7 heteroatoms. The van der Waals surface area contributed by atoms with Crippen molar-refractivity contribution in [2.75, 3.05) is 18.9 Å². The standard InChI is InChI=1S/C16H27N3O3S/c1-5-16(20)18-13-6-8-14(9-7-13)23(21,22)19(4)11-10-15(17)12(2)3/h6-9,12,15H,5,10-11,17H2,1-4H3,(H,18,20). The number of amides is 1. The second-order valence-electron chi connectivity index (χ2n) is 5.95. The van der Waals surface area contributed by atoms with Crippen molar-refractivity contribution in [3.05, 3.63) is 24.3 Å². The third-order valence-electron chi connectivity index (χ3n) is 3.80. The molecule has 0 bridgehead atoms. The summed E-state index contributed by atoms with van der Waals surface area (Å²) in [6, 6.07) is 6.15. The van der Waals surface area contributed by atoms with Crippen molar-refractivity contribution in [1.82, 2.24) is 4.31 Å². The highest BCUT2D eigenvalue weighted by Crippen LogP contribution is 2.18. The van der Waals surface area contributed by atoms with Gasteiger partial charge in [0.15, 0.2) is 0 Å². The fourth-order valence-corrected chi connectivity index (χ4v) is 3.11. The first kappa shape index (κ1) is 19.6. The summed E-state index contributed by atoms with van der Waals surface area (Å²) in [7, 11) is -2.00. The van der Waals surface area contributed by atoms with Crippen LogP contribution in [0.5, 0.6) is 0 Å². The molecule has 0 heterocycles. The smallest absolute Gasteiger partial charge is 0.242 e. The molecule has 0 aromatic heterocycles. The first-order valence-electron chi connectivity index (χ1n) is 7.80. The van der Waals surface area contributed by atoms with Crippen LogP contribution in [0.1, 0.15) is 33.6 Å². The molecule has 1 atom stereocenters. The van der Waals surface area contributed by atoms with E-state index in [-0.39, 0.29) is 16.8 Å². The average Bonchev–Trinajstić information content (AvgIpc) is 2.52. The van der Waals surface area contributed by atoms with Gasteiger partial charge in [0.25, 0.3) is 0 Å². The minimum absolute atomic E-state index is 0.0284. The lowest BCUT2D eigenvalue weighted by atomic mass is 10.0. The van der Waals surface area contributed by atoms with E-state index in [0.717, 1.165) is 0 Å². The van der Waals surface area contributed by atoms with Crippen molar-refractivity contribution in [3.8, 4) is 0 Å². The van der Waals surface area contributed by atoms with Gasteiger partial charge in [0.2, 0.25) is 15.9 Å². The number of nitrogens with two attached hydrogens (primary N) is 1. The minimum atomic E-state index is -3.55. The van der Waals surface area contributed by atoms with Gasteiger partial charge in [-0.05, 0) is 36.6 Å². The van der Waals surface area contributed by atoms with Crippen molar-refractivity contribution >= 4 is 21.6 Å². The zero-order chi connectivity index (χ0) is 17.6. The number of anilines is 1. The van der Waals surface area contributed by atoms with Crippen LogP contribution in [0.15, 0.2) is 29.2 Å². The van der Waals surface area contributed by atoms with Crippen LogP contribution in [0, 0.1) is 5.92 Å². The number of nitrogens with one attached hydrogen (secondary N) is 1. The fraction of sp³-hybridized carbons (Fsp3) is 0.562. The third kappa shape index (κ3) is 5.60. The van der Waals surface area contributed by atoms with Gasteiger partial charge in [-0.2, -0.15) is 0 Å². The molecule has 6 nitrogen and oxygen atoms in total. The lowest BCUT2D eigenvalue weighted by molar-refractivity contribution is -0.115. The van der Waals surface area contributed by atoms with Gasteiger partial charge < -0.3 is 11.1 Å².